The van der Waals surface area contributed by atoms with E-state index in [0.29, 0.717) is 25.4 Å². The molecule has 0 spiro atoms. The summed E-state index contributed by atoms with van der Waals surface area (Å²) >= 11 is 0. The fraction of sp³-hybridized carbons (Fsp3) is 0.600. The Labute approximate surface area is 148 Å². The summed E-state index contributed by atoms with van der Waals surface area (Å²) in [7, 11) is 0. The Morgan fingerprint density at radius 1 is 1.16 bits per heavy atom. The van der Waals surface area contributed by atoms with Crippen molar-refractivity contribution in [3.63, 3.8) is 0 Å². The Hall–Kier alpha value is -2.04. The van der Waals surface area contributed by atoms with Crippen LogP contribution in [0.4, 0.5) is 4.79 Å². The first-order chi connectivity index (χ1) is 12.1. The Kier molecular flexibility index (Phi) is 4.18. The summed E-state index contributed by atoms with van der Waals surface area (Å²) < 4.78 is 0. The maximum Gasteiger partial charge on any atom is 0.317 e. The number of likely N-dealkylation sites (tertiary alicyclic amines) is 1. The van der Waals surface area contributed by atoms with Gasteiger partial charge in [0.15, 0.2) is 0 Å². The van der Waals surface area contributed by atoms with Crippen molar-refractivity contribution in [3.8, 4) is 0 Å². The molecule has 25 heavy (non-hydrogen) atoms. The molecule has 2 saturated carbocycles. The molecule has 3 atom stereocenters. The zero-order valence-electron chi connectivity index (χ0n) is 14.5. The maximum atomic E-state index is 12.9. The lowest BCUT2D eigenvalue weighted by atomic mass is 9.77. The van der Waals surface area contributed by atoms with E-state index < -0.39 is 11.4 Å². The molecule has 134 valence electrons. The number of carboxylic acids is 1. The molecule has 1 aromatic carbocycles. The quantitative estimate of drug-likeness (QED) is 0.881. The van der Waals surface area contributed by atoms with E-state index in [1.165, 1.54) is 6.42 Å². The van der Waals surface area contributed by atoms with Gasteiger partial charge >= 0.3 is 12.0 Å². The summed E-state index contributed by atoms with van der Waals surface area (Å²) in [6.45, 7) is 0.926. The highest BCUT2D eigenvalue weighted by atomic mass is 16.4. The molecule has 0 radical (unpaired) electrons. The monoisotopic (exact) mass is 342 g/mol. The van der Waals surface area contributed by atoms with Crippen LogP contribution in [0.5, 0.6) is 0 Å². The second-order valence-corrected chi connectivity index (χ2v) is 7.96. The molecule has 5 nitrogen and oxygen atoms in total. The van der Waals surface area contributed by atoms with Crippen molar-refractivity contribution in [1.82, 2.24) is 10.2 Å². The molecule has 2 N–H and O–H groups in total. The van der Waals surface area contributed by atoms with E-state index in [9.17, 15) is 14.7 Å². The minimum atomic E-state index is -0.732. The molecule has 3 aliphatic rings. The Bertz CT molecular complexity index is 658. The van der Waals surface area contributed by atoms with Gasteiger partial charge in [0.05, 0.1) is 11.5 Å². The van der Waals surface area contributed by atoms with Gasteiger partial charge in [-0.2, -0.15) is 0 Å². The number of amides is 2. The fourth-order valence-corrected chi connectivity index (χ4v) is 4.92. The number of nitrogens with one attached hydrogen (secondary N) is 1. The molecule has 0 aromatic heterocycles. The highest BCUT2D eigenvalue weighted by Crippen LogP contribution is 2.49. The van der Waals surface area contributed by atoms with E-state index in [0.717, 1.165) is 31.2 Å². The summed E-state index contributed by atoms with van der Waals surface area (Å²) in [4.78, 5) is 26.5. The number of nitrogens with zero attached hydrogens (tertiary/aromatic N) is 1. The molecule has 1 heterocycles. The normalized spacial score (nSPS) is 29.8. The maximum absolute atomic E-state index is 12.9. The van der Waals surface area contributed by atoms with Crippen LogP contribution in [0.25, 0.3) is 0 Å². The van der Waals surface area contributed by atoms with Gasteiger partial charge in [0.1, 0.15) is 0 Å². The first-order valence-electron chi connectivity index (χ1n) is 9.44. The molecule has 1 aliphatic heterocycles. The molecular formula is C20H26N2O3. The molecular weight excluding hydrogens is 316 g/mol. The molecule has 2 aliphatic carbocycles. The van der Waals surface area contributed by atoms with Crippen molar-refractivity contribution in [2.75, 3.05) is 13.1 Å². The zero-order valence-corrected chi connectivity index (χ0v) is 14.5. The highest BCUT2D eigenvalue weighted by Gasteiger charge is 2.56. The van der Waals surface area contributed by atoms with Crippen molar-refractivity contribution in [1.29, 1.82) is 0 Å². The van der Waals surface area contributed by atoms with Crippen LogP contribution in [-0.2, 0) is 4.79 Å². The fourth-order valence-electron chi connectivity index (χ4n) is 4.92. The molecule has 1 saturated heterocycles. The standard InChI is InChI=1S/C20H26N2O3/c23-18(24)20-11-5-10-16(20)12-22(13-20)19(25)21-17(15-8-4-9-15)14-6-2-1-3-7-14/h1-3,6-7,15-17H,4-5,8-13H2,(H,21,25)(H,23,24)/t16-,17?,20+/m0/s1. The van der Waals surface area contributed by atoms with Crippen LogP contribution in [0.2, 0.25) is 0 Å². The number of carbonyl (C=O) groups is 2. The molecule has 5 heteroatoms. The first-order valence-corrected chi connectivity index (χ1v) is 9.44. The number of carbonyl (C=O) groups excluding carboxylic acids is 1. The van der Waals surface area contributed by atoms with Crippen molar-refractivity contribution in [3.05, 3.63) is 35.9 Å². The van der Waals surface area contributed by atoms with Crippen LogP contribution in [0.1, 0.15) is 50.1 Å². The number of hydrogen-bond donors (Lipinski definition) is 2. The Morgan fingerprint density at radius 2 is 1.92 bits per heavy atom. The summed E-state index contributed by atoms with van der Waals surface area (Å²) in [5, 5.41) is 12.9. The van der Waals surface area contributed by atoms with E-state index >= 15 is 0 Å². The number of carboxylic acid groups (broad SMARTS) is 1. The van der Waals surface area contributed by atoms with Gasteiger partial charge in [0.25, 0.3) is 0 Å². The molecule has 4 rings (SSSR count). The third-order valence-corrected chi connectivity index (χ3v) is 6.64. The van der Waals surface area contributed by atoms with Crippen LogP contribution in [0.15, 0.2) is 30.3 Å². The Morgan fingerprint density at radius 3 is 2.52 bits per heavy atom. The number of fused-ring (bicyclic) bond motifs is 1. The second kappa shape index (κ2) is 6.36. The lowest BCUT2D eigenvalue weighted by Gasteiger charge is -2.35. The van der Waals surface area contributed by atoms with Gasteiger partial charge in [0.2, 0.25) is 0 Å². The number of aliphatic carboxylic acids is 1. The van der Waals surface area contributed by atoms with Crippen molar-refractivity contribution < 1.29 is 14.7 Å². The smallest absolute Gasteiger partial charge is 0.317 e. The van der Waals surface area contributed by atoms with Gasteiger partial charge in [0, 0.05) is 13.1 Å². The average molecular weight is 342 g/mol. The summed E-state index contributed by atoms with van der Waals surface area (Å²) in [5.41, 5.74) is 0.434. The Balaban J connectivity index is 1.48. The van der Waals surface area contributed by atoms with Gasteiger partial charge < -0.3 is 15.3 Å². The predicted molar refractivity (Wildman–Crippen MR) is 94.0 cm³/mol. The molecule has 3 fully saturated rings. The topological polar surface area (TPSA) is 69.6 Å². The zero-order chi connectivity index (χ0) is 17.4. The van der Waals surface area contributed by atoms with Crippen LogP contribution < -0.4 is 5.32 Å². The van der Waals surface area contributed by atoms with Crippen LogP contribution in [0.3, 0.4) is 0 Å². The van der Waals surface area contributed by atoms with E-state index in [-0.39, 0.29) is 18.0 Å². The molecule has 1 aromatic rings. The predicted octanol–water partition coefficient (Wildman–Crippen LogP) is 3.42. The van der Waals surface area contributed by atoms with Crippen molar-refractivity contribution >= 4 is 12.0 Å². The van der Waals surface area contributed by atoms with Crippen LogP contribution in [0, 0.1) is 17.3 Å². The lowest BCUT2D eigenvalue weighted by molar-refractivity contribution is -0.149. The lowest BCUT2D eigenvalue weighted by Crippen LogP contribution is -2.45. The van der Waals surface area contributed by atoms with Gasteiger partial charge in [-0.05, 0) is 43.1 Å². The molecule has 0 bridgehead atoms. The first kappa shape index (κ1) is 16.4. The van der Waals surface area contributed by atoms with Crippen molar-refractivity contribution in [2.24, 2.45) is 17.3 Å². The van der Waals surface area contributed by atoms with Gasteiger partial charge in [-0.15, -0.1) is 0 Å². The van der Waals surface area contributed by atoms with Crippen LogP contribution in [-0.4, -0.2) is 35.1 Å². The largest absolute Gasteiger partial charge is 0.481 e. The third-order valence-electron chi connectivity index (χ3n) is 6.64. The average Bonchev–Trinajstić information content (AvgIpc) is 3.11. The number of urea groups is 1. The minimum Gasteiger partial charge on any atom is -0.481 e. The van der Waals surface area contributed by atoms with Crippen LogP contribution >= 0.6 is 0 Å². The van der Waals surface area contributed by atoms with E-state index in [2.05, 4.69) is 17.4 Å². The van der Waals surface area contributed by atoms with Gasteiger partial charge in [-0.3, -0.25) is 4.79 Å². The van der Waals surface area contributed by atoms with E-state index in [4.69, 9.17) is 0 Å². The SMILES string of the molecule is O=C(NC(c1ccccc1)C1CCC1)N1C[C@@H]2CCC[C@@]2(C(=O)O)C1. The summed E-state index contributed by atoms with van der Waals surface area (Å²) in [6, 6.07) is 10.1. The van der Waals surface area contributed by atoms with Crippen molar-refractivity contribution in [2.45, 2.75) is 44.6 Å². The third kappa shape index (κ3) is 2.79. The van der Waals surface area contributed by atoms with Gasteiger partial charge in [-0.1, -0.05) is 43.2 Å². The molecule has 1 unspecified atom stereocenters. The highest BCUT2D eigenvalue weighted by molar-refractivity contribution is 5.80. The molecule has 2 amide bonds. The number of hydrogen-bond acceptors (Lipinski definition) is 2. The van der Waals surface area contributed by atoms with E-state index in [1.54, 1.807) is 4.90 Å². The van der Waals surface area contributed by atoms with E-state index in [1.807, 2.05) is 18.2 Å². The second-order valence-electron chi connectivity index (χ2n) is 7.96. The minimum absolute atomic E-state index is 0.0312. The number of rotatable bonds is 4. The summed E-state index contributed by atoms with van der Waals surface area (Å²) in [5.74, 6) is -0.139. The van der Waals surface area contributed by atoms with Gasteiger partial charge in [-0.25, -0.2) is 4.79 Å². The summed E-state index contributed by atoms with van der Waals surface area (Å²) in [6.07, 6.45) is 6.07. The number of benzene rings is 1.